The summed E-state index contributed by atoms with van der Waals surface area (Å²) in [6.45, 7) is 6.43. The van der Waals surface area contributed by atoms with Crippen molar-refractivity contribution in [2.24, 2.45) is 0 Å². The molecule has 0 spiro atoms. The van der Waals surface area contributed by atoms with Crippen LogP contribution in [0.2, 0.25) is 0 Å². The lowest BCUT2D eigenvalue weighted by molar-refractivity contribution is -0.149. The number of piperidine rings is 1. The van der Waals surface area contributed by atoms with Crippen LogP contribution in [0.25, 0.3) is 0 Å². The highest BCUT2D eigenvalue weighted by Crippen LogP contribution is 2.40. The predicted octanol–water partition coefficient (Wildman–Crippen LogP) is 1.25. The van der Waals surface area contributed by atoms with E-state index in [1.54, 1.807) is 11.8 Å². The Hall–Kier alpha value is -0.880. The topological polar surface area (TPSA) is 49.9 Å². The van der Waals surface area contributed by atoms with E-state index >= 15 is 0 Å². The van der Waals surface area contributed by atoms with Gasteiger partial charge in [-0.25, -0.2) is 4.79 Å². The second-order valence-corrected chi connectivity index (χ2v) is 6.98. The Balaban J connectivity index is 2.20. The summed E-state index contributed by atoms with van der Waals surface area (Å²) in [5.41, 5.74) is 0. The van der Waals surface area contributed by atoms with E-state index in [9.17, 15) is 9.59 Å². The van der Waals surface area contributed by atoms with Gasteiger partial charge < -0.3 is 9.64 Å². The third-order valence-corrected chi connectivity index (χ3v) is 6.00. The first-order chi connectivity index (χ1) is 9.61. The Morgan fingerprint density at radius 1 is 1.35 bits per heavy atom. The normalized spacial score (nSPS) is 31.6. The van der Waals surface area contributed by atoms with Gasteiger partial charge in [-0.3, -0.25) is 9.69 Å². The molecule has 114 valence electrons. The first kappa shape index (κ1) is 15.5. The van der Waals surface area contributed by atoms with Crippen LogP contribution in [0.15, 0.2) is 0 Å². The molecule has 2 rings (SSSR count). The molecule has 3 unspecified atom stereocenters. The summed E-state index contributed by atoms with van der Waals surface area (Å²) < 4.78 is 5.13. The Bertz CT molecular complexity index is 407. The second kappa shape index (κ2) is 6.72. The van der Waals surface area contributed by atoms with Crippen molar-refractivity contribution < 1.29 is 14.3 Å². The van der Waals surface area contributed by atoms with E-state index in [0.29, 0.717) is 13.2 Å². The van der Waals surface area contributed by atoms with Crippen molar-refractivity contribution in [3.63, 3.8) is 0 Å². The van der Waals surface area contributed by atoms with Gasteiger partial charge in [0.2, 0.25) is 0 Å². The van der Waals surface area contributed by atoms with Gasteiger partial charge in [0.15, 0.2) is 5.37 Å². The van der Waals surface area contributed by atoms with E-state index in [-0.39, 0.29) is 17.3 Å². The van der Waals surface area contributed by atoms with Crippen LogP contribution in [0.4, 0.5) is 0 Å². The van der Waals surface area contributed by atoms with Crippen molar-refractivity contribution in [2.75, 3.05) is 26.2 Å². The van der Waals surface area contributed by atoms with Crippen molar-refractivity contribution in [2.45, 2.75) is 43.9 Å². The maximum atomic E-state index is 12.6. The Morgan fingerprint density at radius 2 is 2.00 bits per heavy atom. The van der Waals surface area contributed by atoms with E-state index in [2.05, 4.69) is 10.8 Å². The zero-order valence-corrected chi connectivity index (χ0v) is 13.2. The average molecular weight is 300 g/mol. The minimum Gasteiger partial charge on any atom is -0.464 e. The molecule has 0 radical (unpaired) electrons. The van der Waals surface area contributed by atoms with Gasteiger partial charge in [0, 0.05) is 6.54 Å². The van der Waals surface area contributed by atoms with E-state index in [1.807, 2.05) is 6.92 Å². The van der Waals surface area contributed by atoms with Gasteiger partial charge in [-0.2, -0.15) is 0 Å². The molecule has 0 saturated carbocycles. The summed E-state index contributed by atoms with van der Waals surface area (Å²) in [6, 6.07) is 0. The van der Waals surface area contributed by atoms with Crippen molar-refractivity contribution in [1.29, 1.82) is 0 Å². The van der Waals surface area contributed by atoms with Gasteiger partial charge in [-0.1, -0.05) is 12.3 Å². The van der Waals surface area contributed by atoms with Gasteiger partial charge in [0.05, 0.1) is 6.61 Å². The highest BCUT2D eigenvalue weighted by molar-refractivity contribution is 8.16. The predicted molar refractivity (Wildman–Crippen MR) is 81.7 cm³/mol. The van der Waals surface area contributed by atoms with Crippen LogP contribution in [0.1, 0.15) is 33.1 Å². The molecular formula is C14H24N2O3S. The van der Waals surface area contributed by atoms with Gasteiger partial charge in [-0.15, -0.1) is 10.5 Å². The molecule has 2 heterocycles. The molecular weight excluding hydrogens is 276 g/mol. The number of hydrogen-bond acceptors (Lipinski definition) is 4. The van der Waals surface area contributed by atoms with E-state index in [0.717, 1.165) is 25.9 Å². The molecule has 0 aromatic carbocycles. The minimum atomic E-state index is -0.560. The first-order valence-electron chi connectivity index (χ1n) is 7.34. The maximum Gasteiger partial charge on any atom is 0.339 e. The zero-order chi connectivity index (χ0) is 14.7. The number of amides is 1. The molecule has 0 aliphatic carbocycles. The lowest BCUT2D eigenvalue weighted by Gasteiger charge is -2.31. The number of likely N-dealkylation sites (tertiary alicyclic amines) is 1. The van der Waals surface area contributed by atoms with Crippen LogP contribution in [0.5, 0.6) is 0 Å². The van der Waals surface area contributed by atoms with Crippen molar-refractivity contribution in [3.8, 4) is 0 Å². The molecule has 6 heteroatoms. The number of rotatable bonds is 4. The summed E-state index contributed by atoms with van der Waals surface area (Å²) in [5, 5.41) is -0.732. The number of nitrogens with zero attached hydrogens (tertiary/aromatic N) is 2. The molecule has 2 saturated heterocycles. The summed E-state index contributed by atoms with van der Waals surface area (Å²) in [5.74, 6) is 3.89. The molecule has 1 amide bonds. The van der Waals surface area contributed by atoms with Crippen molar-refractivity contribution in [1.82, 2.24) is 9.80 Å². The molecule has 0 aromatic rings. The number of esters is 1. The molecule has 20 heavy (non-hydrogen) atoms. The fourth-order valence-electron chi connectivity index (χ4n) is 2.96. The minimum absolute atomic E-state index is 0.0470. The first-order valence-corrected chi connectivity index (χ1v) is 8.86. The zero-order valence-electron chi connectivity index (χ0n) is 12.3. The van der Waals surface area contributed by atoms with Gasteiger partial charge in [-0.05, 0) is 39.8 Å². The number of carbonyl (C=O) groups excluding carboxylic acids is 2. The van der Waals surface area contributed by atoms with Crippen LogP contribution in [0.3, 0.4) is 0 Å². The molecule has 3 atom stereocenters. The van der Waals surface area contributed by atoms with Crippen LogP contribution in [-0.4, -0.2) is 64.5 Å². The summed E-state index contributed by atoms with van der Waals surface area (Å²) >= 11 is 0. The molecule has 2 aliphatic rings. The quantitative estimate of drug-likeness (QED) is 0.579. The average Bonchev–Trinajstić information content (AvgIpc) is 2.70. The molecule has 0 bridgehead atoms. The third kappa shape index (κ3) is 2.76. The molecule has 0 aromatic heterocycles. The maximum absolute atomic E-state index is 12.6. The number of ether oxygens (including phenoxy) is 1. The van der Waals surface area contributed by atoms with Gasteiger partial charge in [0.25, 0.3) is 5.91 Å². The number of hydrogen-bond donors (Lipinski definition) is 0. The fraction of sp³-hybridized carbons (Fsp3) is 0.786. The fourth-order valence-corrected chi connectivity index (χ4v) is 5.09. The number of likely N-dealkylation sites (N-methyl/N-ethyl adjacent to an activating group) is 1. The molecule has 0 N–H and O–H groups in total. The van der Waals surface area contributed by atoms with E-state index in [4.69, 9.17) is 4.74 Å². The standard InChI is InChI=1S/C14H24N2O3S/c1-4-16-11(17)12(15-9-7-6-8-10-15)20(3)13(16)14(18)19-5-2/h12-13H,3-10H2,1-2H3. The summed E-state index contributed by atoms with van der Waals surface area (Å²) in [7, 11) is -0.560. The Kier molecular flexibility index (Phi) is 5.21. The van der Waals surface area contributed by atoms with Gasteiger partial charge in [0.1, 0.15) is 5.37 Å². The smallest absolute Gasteiger partial charge is 0.339 e. The summed E-state index contributed by atoms with van der Waals surface area (Å²) in [6.07, 6.45) is 3.47. The van der Waals surface area contributed by atoms with Crippen LogP contribution >= 0.6 is 10.5 Å². The van der Waals surface area contributed by atoms with Crippen LogP contribution in [-0.2, 0) is 14.3 Å². The number of carbonyl (C=O) groups is 2. The van der Waals surface area contributed by atoms with E-state index < -0.39 is 15.9 Å². The largest absolute Gasteiger partial charge is 0.464 e. The summed E-state index contributed by atoms with van der Waals surface area (Å²) in [4.78, 5) is 28.6. The highest BCUT2D eigenvalue weighted by Gasteiger charge is 2.48. The van der Waals surface area contributed by atoms with Crippen molar-refractivity contribution >= 4 is 28.2 Å². The van der Waals surface area contributed by atoms with Crippen LogP contribution in [0, 0.1) is 0 Å². The second-order valence-electron chi connectivity index (χ2n) is 5.15. The molecule has 2 fully saturated rings. The monoisotopic (exact) mass is 300 g/mol. The van der Waals surface area contributed by atoms with Gasteiger partial charge >= 0.3 is 5.97 Å². The molecule has 2 aliphatic heterocycles. The lowest BCUT2D eigenvalue weighted by Crippen LogP contribution is -2.44. The molecule has 5 nitrogen and oxygen atoms in total. The van der Waals surface area contributed by atoms with Crippen LogP contribution < -0.4 is 0 Å². The lowest BCUT2D eigenvalue weighted by atomic mass is 10.1. The van der Waals surface area contributed by atoms with Crippen molar-refractivity contribution in [3.05, 3.63) is 0 Å². The third-order valence-electron chi connectivity index (χ3n) is 3.90. The van der Waals surface area contributed by atoms with E-state index in [1.165, 1.54) is 6.42 Å². The Morgan fingerprint density at radius 3 is 2.55 bits per heavy atom. The highest BCUT2D eigenvalue weighted by atomic mass is 32.2. The SMILES string of the molecule is C=S1C(N2CCCCC2)C(=O)N(CC)C1C(=O)OCC. The Labute approximate surface area is 123 Å².